The zero-order valence-corrected chi connectivity index (χ0v) is 15.8. The van der Waals surface area contributed by atoms with Crippen LogP contribution in [0.5, 0.6) is 5.75 Å². The predicted octanol–water partition coefficient (Wildman–Crippen LogP) is 7.67. The maximum Gasteiger partial charge on any atom is 0.123 e. The molecule has 29 heavy (non-hydrogen) atoms. The van der Waals surface area contributed by atoms with E-state index in [0.717, 1.165) is 11.1 Å². The molecule has 0 aliphatic rings. The van der Waals surface area contributed by atoms with Crippen molar-refractivity contribution in [3.8, 4) is 16.9 Å². The average Bonchev–Trinajstić information content (AvgIpc) is 2.78. The molecule has 0 atom stereocenters. The van der Waals surface area contributed by atoms with E-state index in [4.69, 9.17) is 0 Å². The molecule has 0 unspecified atom stereocenters. The highest BCUT2D eigenvalue weighted by atomic mass is 16.3. The second-order valence-corrected chi connectivity index (χ2v) is 7.53. The largest absolute Gasteiger partial charge is 0.507 e. The maximum atomic E-state index is 10.5. The Morgan fingerprint density at radius 1 is 0.379 bits per heavy atom. The number of phenols is 1. The molecule has 0 amide bonds. The molecule has 1 nitrogen and oxygen atoms in total. The molecule has 0 heterocycles. The molecular weight excluding hydrogens is 352 g/mol. The van der Waals surface area contributed by atoms with Crippen molar-refractivity contribution in [2.45, 2.75) is 0 Å². The molecule has 136 valence electrons. The number of rotatable bonds is 1. The fourth-order valence-corrected chi connectivity index (χ4v) is 4.62. The Hall–Kier alpha value is -3.84. The van der Waals surface area contributed by atoms with Gasteiger partial charge in [-0.05, 0) is 54.7 Å². The summed E-state index contributed by atoms with van der Waals surface area (Å²) in [4.78, 5) is 0. The molecule has 0 aromatic heterocycles. The maximum absolute atomic E-state index is 10.5. The number of para-hydroxylation sites is 1. The molecule has 0 bridgehead atoms. The van der Waals surface area contributed by atoms with E-state index in [9.17, 15) is 5.11 Å². The van der Waals surface area contributed by atoms with Crippen LogP contribution in [0, 0.1) is 0 Å². The average molecular weight is 370 g/mol. The summed E-state index contributed by atoms with van der Waals surface area (Å²) in [5.41, 5.74) is 1.93. The van der Waals surface area contributed by atoms with E-state index >= 15 is 0 Å². The first-order valence-corrected chi connectivity index (χ1v) is 9.85. The minimum Gasteiger partial charge on any atom is -0.507 e. The van der Waals surface area contributed by atoms with Crippen LogP contribution in [-0.2, 0) is 0 Å². The van der Waals surface area contributed by atoms with Crippen LogP contribution in [0.3, 0.4) is 0 Å². The first kappa shape index (κ1) is 16.1. The zero-order valence-electron chi connectivity index (χ0n) is 15.8. The van der Waals surface area contributed by atoms with E-state index in [2.05, 4.69) is 78.9 Å². The lowest BCUT2D eigenvalue weighted by Crippen LogP contribution is -1.86. The summed E-state index contributed by atoms with van der Waals surface area (Å²) in [7, 11) is 0. The van der Waals surface area contributed by atoms with Crippen LogP contribution in [0.4, 0.5) is 0 Å². The Morgan fingerprint density at radius 3 is 1.86 bits per heavy atom. The number of phenolic OH excluding ortho intramolecular Hbond substituents is 1. The normalized spacial score (nSPS) is 11.6. The van der Waals surface area contributed by atoms with Crippen LogP contribution in [0.2, 0.25) is 0 Å². The fraction of sp³-hybridized carbons (Fsp3) is 0. The minimum atomic E-state index is 0.309. The molecule has 1 heteroatoms. The van der Waals surface area contributed by atoms with Gasteiger partial charge >= 0.3 is 0 Å². The van der Waals surface area contributed by atoms with Crippen LogP contribution >= 0.6 is 0 Å². The van der Waals surface area contributed by atoms with Crippen LogP contribution in [0.1, 0.15) is 0 Å². The van der Waals surface area contributed by atoms with E-state index in [1.165, 1.54) is 43.1 Å². The third kappa shape index (κ3) is 2.34. The molecule has 6 aromatic carbocycles. The molecule has 0 aliphatic carbocycles. The van der Waals surface area contributed by atoms with Crippen LogP contribution < -0.4 is 0 Å². The SMILES string of the molecule is Oc1ccccc1-c1cccc2ccc3c4ccc5ccccc5c4ccc3c12. The lowest BCUT2D eigenvalue weighted by molar-refractivity contribution is 0.477. The summed E-state index contributed by atoms with van der Waals surface area (Å²) in [6.45, 7) is 0. The number of hydrogen-bond donors (Lipinski definition) is 1. The van der Waals surface area contributed by atoms with Crippen molar-refractivity contribution >= 4 is 43.1 Å². The van der Waals surface area contributed by atoms with Gasteiger partial charge in [-0.3, -0.25) is 0 Å². The van der Waals surface area contributed by atoms with Gasteiger partial charge in [0.25, 0.3) is 0 Å². The Balaban J connectivity index is 1.79. The first-order chi connectivity index (χ1) is 14.3. The third-order valence-corrected chi connectivity index (χ3v) is 5.96. The molecular formula is C28H18O. The summed E-state index contributed by atoms with van der Waals surface area (Å²) in [6.07, 6.45) is 0. The zero-order chi connectivity index (χ0) is 19.4. The van der Waals surface area contributed by atoms with Crippen molar-refractivity contribution in [2.24, 2.45) is 0 Å². The van der Waals surface area contributed by atoms with Crippen LogP contribution in [-0.4, -0.2) is 5.11 Å². The van der Waals surface area contributed by atoms with Gasteiger partial charge in [0, 0.05) is 5.56 Å². The first-order valence-electron chi connectivity index (χ1n) is 9.85. The number of aromatic hydroxyl groups is 1. The standard InChI is InChI=1S/C28H18O/c29-27-11-4-3-9-24(27)25-10-5-7-19-13-15-23-22-14-12-18-6-1-2-8-20(18)21(22)16-17-26(23)28(19)25/h1-17,29H. The summed E-state index contributed by atoms with van der Waals surface area (Å²) >= 11 is 0. The predicted molar refractivity (Wildman–Crippen MR) is 124 cm³/mol. The monoisotopic (exact) mass is 370 g/mol. The summed E-state index contributed by atoms with van der Waals surface area (Å²) in [5, 5.41) is 20.4. The van der Waals surface area contributed by atoms with Crippen molar-refractivity contribution in [3.05, 3.63) is 103 Å². The van der Waals surface area contributed by atoms with E-state index in [0.29, 0.717) is 5.75 Å². The van der Waals surface area contributed by atoms with E-state index in [1.807, 2.05) is 18.2 Å². The van der Waals surface area contributed by atoms with Crippen molar-refractivity contribution < 1.29 is 5.11 Å². The molecule has 6 rings (SSSR count). The summed E-state index contributed by atoms with van der Waals surface area (Å²) in [6, 6.07) is 35.7. The smallest absolute Gasteiger partial charge is 0.123 e. The number of fused-ring (bicyclic) bond motifs is 7. The van der Waals surface area contributed by atoms with Gasteiger partial charge in [-0.1, -0.05) is 97.1 Å². The van der Waals surface area contributed by atoms with E-state index < -0.39 is 0 Å². The number of benzene rings is 6. The van der Waals surface area contributed by atoms with Crippen LogP contribution in [0.25, 0.3) is 54.2 Å². The minimum absolute atomic E-state index is 0.309. The number of hydrogen-bond acceptors (Lipinski definition) is 1. The lowest BCUT2D eigenvalue weighted by Gasteiger charge is -2.14. The van der Waals surface area contributed by atoms with Gasteiger partial charge in [0.05, 0.1) is 0 Å². The molecule has 0 aliphatic heterocycles. The Kier molecular flexibility index (Phi) is 3.39. The van der Waals surface area contributed by atoms with Gasteiger partial charge < -0.3 is 5.11 Å². The van der Waals surface area contributed by atoms with E-state index in [1.54, 1.807) is 6.07 Å². The van der Waals surface area contributed by atoms with Crippen molar-refractivity contribution in [1.29, 1.82) is 0 Å². The van der Waals surface area contributed by atoms with Gasteiger partial charge in [0.2, 0.25) is 0 Å². The summed E-state index contributed by atoms with van der Waals surface area (Å²) < 4.78 is 0. The third-order valence-electron chi connectivity index (χ3n) is 5.96. The molecule has 6 aromatic rings. The molecule has 0 radical (unpaired) electrons. The van der Waals surface area contributed by atoms with Gasteiger partial charge in [-0.2, -0.15) is 0 Å². The second kappa shape index (κ2) is 6.08. The van der Waals surface area contributed by atoms with Crippen LogP contribution in [0.15, 0.2) is 103 Å². The van der Waals surface area contributed by atoms with Crippen molar-refractivity contribution in [2.75, 3.05) is 0 Å². The fourth-order valence-electron chi connectivity index (χ4n) is 4.62. The molecule has 0 saturated carbocycles. The highest BCUT2D eigenvalue weighted by Gasteiger charge is 2.12. The molecule has 0 spiro atoms. The Morgan fingerprint density at radius 2 is 0.966 bits per heavy atom. The van der Waals surface area contributed by atoms with Gasteiger partial charge in [-0.15, -0.1) is 0 Å². The second-order valence-electron chi connectivity index (χ2n) is 7.53. The Bertz CT molecular complexity index is 1560. The topological polar surface area (TPSA) is 20.2 Å². The highest BCUT2D eigenvalue weighted by Crippen LogP contribution is 2.40. The van der Waals surface area contributed by atoms with Crippen molar-refractivity contribution in [3.63, 3.8) is 0 Å². The molecule has 1 N–H and O–H groups in total. The summed E-state index contributed by atoms with van der Waals surface area (Å²) in [5.74, 6) is 0.309. The van der Waals surface area contributed by atoms with Gasteiger partial charge in [0.1, 0.15) is 5.75 Å². The van der Waals surface area contributed by atoms with Gasteiger partial charge in [0.15, 0.2) is 0 Å². The van der Waals surface area contributed by atoms with Crippen molar-refractivity contribution in [1.82, 2.24) is 0 Å². The highest BCUT2D eigenvalue weighted by molar-refractivity contribution is 6.24. The quantitative estimate of drug-likeness (QED) is 0.294. The Labute approximate surface area is 168 Å². The molecule has 0 fully saturated rings. The van der Waals surface area contributed by atoms with E-state index in [-0.39, 0.29) is 0 Å². The van der Waals surface area contributed by atoms with Gasteiger partial charge in [-0.25, -0.2) is 0 Å². The lowest BCUT2D eigenvalue weighted by atomic mass is 9.90. The molecule has 0 saturated heterocycles.